The van der Waals surface area contributed by atoms with Crippen molar-refractivity contribution in [2.45, 2.75) is 19.5 Å². The van der Waals surface area contributed by atoms with Crippen molar-refractivity contribution >= 4 is 11.9 Å². The maximum Gasteiger partial charge on any atom is 0.387 e. The maximum atomic E-state index is 12.0. The van der Waals surface area contributed by atoms with Crippen molar-refractivity contribution in [2.75, 3.05) is 26.2 Å². The zero-order valence-corrected chi connectivity index (χ0v) is 13.1. The summed E-state index contributed by atoms with van der Waals surface area (Å²) in [7, 11) is 0. The number of nitrogens with zero attached hydrogens (tertiary/aromatic N) is 1. The minimum Gasteiger partial charge on any atom is -0.481 e. The van der Waals surface area contributed by atoms with Gasteiger partial charge in [0, 0.05) is 13.1 Å². The van der Waals surface area contributed by atoms with Crippen LogP contribution in [0.3, 0.4) is 0 Å². The van der Waals surface area contributed by atoms with Gasteiger partial charge in [-0.3, -0.25) is 14.5 Å². The smallest absolute Gasteiger partial charge is 0.387 e. The summed E-state index contributed by atoms with van der Waals surface area (Å²) in [5.41, 5.74) is 0.893. The predicted octanol–water partition coefficient (Wildman–Crippen LogP) is 1.35. The summed E-state index contributed by atoms with van der Waals surface area (Å²) in [5.74, 6) is -1.28. The highest BCUT2D eigenvalue weighted by atomic mass is 19.3. The molecule has 132 valence electrons. The van der Waals surface area contributed by atoms with Crippen molar-refractivity contribution in [3.05, 3.63) is 29.8 Å². The molecule has 0 bridgehead atoms. The third-order valence-corrected chi connectivity index (χ3v) is 3.87. The van der Waals surface area contributed by atoms with E-state index in [4.69, 9.17) is 5.11 Å². The van der Waals surface area contributed by atoms with E-state index in [1.165, 1.54) is 12.1 Å². The Labute approximate surface area is 138 Å². The summed E-state index contributed by atoms with van der Waals surface area (Å²) in [5, 5.41) is 11.7. The lowest BCUT2D eigenvalue weighted by atomic mass is 10.1. The molecular weight excluding hydrogens is 322 g/mol. The first kappa shape index (κ1) is 18.1. The summed E-state index contributed by atoms with van der Waals surface area (Å²) >= 11 is 0. The molecule has 0 saturated carbocycles. The van der Waals surface area contributed by atoms with Crippen LogP contribution in [0.2, 0.25) is 0 Å². The van der Waals surface area contributed by atoms with E-state index in [0.717, 1.165) is 5.56 Å². The summed E-state index contributed by atoms with van der Waals surface area (Å²) in [6, 6.07) is 6.25. The van der Waals surface area contributed by atoms with Gasteiger partial charge in [0.15, 0.2) is 0 Å². The molecule has 0 spiro atoms. The Hall–Kier alpha value is -2.22. The van der Waals surface area contributed by atoms with Gasteiger partial charge < -0.3 is 15.2 Å². The largest absolute Gasteiger partial charge is 0.481 e. The van der Waals surface area contributed by atoms with Gasteiger partial charge in [0.2, 0.25) is 5.91 Å². The second-order valence-electron chi connectivity index (χ2n) is 5.68. The number of amides is 1. The second kappa shape index (κ2) is 8.58. The molecule has 2 rings (SSSR count). The number of alkyl halides is 2. The average molecular weight is 342 g/mol. The molecule has 1 aliphatic rings. The lowest BCUT2D eigenvalue weighted by Gasteiger charge is -2.14. The number of rotatable bonds is 8. The fourth-order valence-electron chi connectivity index (χ4n) is 2.62. The van der Waals surface area contributed by atoms with Crippen LogP contribution in [0.25, 0.3) is 0 Å². The molecular formula is C16H20F2N2O4. The highest BCUT2D eigenvalue weighted by molar-refractivity contribution is 5.78. The van der Waals surface area contributed by atoms with Gasteiger partial charge in [-0.05, 0) is 37.1 Å². The molecule has 1 amide bonds. The molecule has 1 aliphatic heterocycles. The van der Waals surface area contributed by atoms with Gasteiger partial charge >= 0.3 is 12.6 Å². The Morgan fingerprint density at radius 1 is 1.33 bits per heavy atom. The molecule has 6 nitrogen and oxygen atoms in total. The van der Waals surface area contributed by atoms with Crippen LogP contribution in [0.1, 0.15) is 12.0 Å². The first-order valence-electron chi connectivity index (χ1n) is 7.69. The second-order valence-corrected chi connectivity index (χ2v) is 5.68. The molecule has 2 N–H and O–H groups in total. The molecule has 8 heteroatoms. The van der Waals surface area contributed by atoms with E-state index in [2.05, 4.69) is 10.1 Å². The summed E-state index contributed by atoms with van der Waals surface area (Å²) in [4.78, 5) is 24.5. The van der Waals surface area contributed by atoms with E-state index >= 15 is 0 Å². The van der Waals surface area contributed by atoms with E-state index in [1.54, 1.807) is 12.1 Å². The minimum atomic E-state index is -2.85. The Morgan fingerprint density at radius 2 is 2.04 bits per heavy atom. The van der Waals surface area contributed by atoms with Gasteiger partial charge in [0.1, 0.15) is 5.75 Å². The number of ether oxygens (including phenoxy) is 1. The lowest BCUT2D eigenvalue weighted by Crippen LogP contribution is -2.37. The van der Waals surface area contributed by atoms with Crippen LogP contribution in [-0.4, -0.2) is 54.7 Å². The van der Waals surface area contributed by atoms with Crippen molar-refractivity contribution in [3.63, 3.8) is 0 Å². The van der Waals surface area contributed by atoms with Gasteiger partial charge in [-0.25, -0.2) is 0 Å². The van der Waals surface area contributed by atoms with Crippen molar-refractivity contribution in [2.24, 2.45) is 5.92 Å². The summed E-state index contributed by atoms with van der Waals surface area (Å²) in [6.45, 7) is -1.24. The SMILES string of the molecule is O=C(CN1CCC(C(=O)O)C1)NCCc1ccc(OC(F)F)cc1. The van der Waals surface area contributed by atoms with E-state index in [0.29, 0.717) is 32.5 Å². The topological polar surface area (TPSA) is 78.9 Å². The first-order chi connectivity index (χ1) is 11.4. The third-order valence-electron chi connectivity index (χ3n) is 3.87. The van der Waals surface area contributed by atoms with Crippen LogP contribution in [0.5, 0.6) is 5.75 Å². The van der Waals surface area contributed by atoms with E-state index < -0.39 is 18.5 Å². The van der Waals surface area contributed by atoms with Crippen LogP contribution in [0.15, 0.2) is 24.3 Å². The Morgan fingerprint density at radius 3 is 2.62 bits per heavy atom. The molecule has 0 radical (unpaired) electrons. The fraction of sp³-hybridized carbons (Fsp3) is 0.500. The number of carboxylic acids is 1. The Kier molecular flexibility index (Phi) is 6.48. The number of aliphatic carboxylic acids is 1. The number of hydrogen-bond acceptors (Lipinski definition) is 4. The highest BCUT2D eigenvalue weighted by Gasteiger charge is 2.28. The molecule has 1 saturated heterocycles. The molecule has 0 aliphatic carbocycles. The predicted molar refractivity (Wildman–Crippen MR) is 82.0 cm³/mol. The van der Waals surface area contributed by atoms with Crippen LogP contribution in [0.4, 0.5) is 8.78 Å². The van der Waals surface area contributed by atoms with Crippen LogP contribution in [0, 0.1) is 5.92 Å². The minimum absolute atomic E-state index is 0.0970. The zero-order valence-electron chi connectivity index (χ0n) is 13.1. The number of halogens is 2. The molecule has 1 unspecified atom stereocenters. The molecule has 1 aromatic rings. The lowest BCUT2D eigenvalue weighted by molar-refractivity contribution is -0.141. The normalized spacial score (nSPS) is 17.9. The highest BCUT2D eigenvalue weighted by Crippen LogP contribution is 2.16. The number of carbonyl (C=O) groups excluding carboxylic acids is 1. The van der Waals surface area contributed by atoms with Crippen LogP contribution >= 0.6 is 0 Å². The van der Waals surface area contributed by atoms with Crippen molar-refractivity contribution in [3.8, 4) is 5.75 Å². The average Bonchev–Trinajstić information content (AvgIpc) is 2.97. The van der Waals surface area contributed by atoms with E-state index in [-0.39, 0.29) is 18.2 Å². The standard InChI is InChI=1S/C16H20F2N2O4/c17-16(18)24-13-3-1-11(2-4-13)5-7-19-14(21)10-20-8-6-12(9-20)15(22)23/h1-4,12,16H,5-10H2,(H,19,21)(H,22,23). The van der Waals surface area contributed by atoms with Gasteiger partial charge in [-0.15, -0.1) is 0 Å². The number of hydrogen-bond donors (Lipinski definition) is 2. The summed E-state index contributed by atoms with van der Waals surface area (Å²) in [6.07, 6.45) is 1.13. The molecule has 24 heavy (non-hydrogen) atoms. The van der Waals surface area contributed by atoms with Gasteiger partial charge in [-0.2, -0.15) is 8.78 Å². The van der Waals surface area contributed by atoms with E-state index in [1.807, 2.05) is 4.90 Å². The van der Waals surface area contributed by atoms with Gasteiger partial charge in [0.25, 0.3) is 0 Å². The Balaban J connectivity index is 1.66. The van der Waals surface area contributed by atoms with Crippen molar-refractivity contribution in [1.82, 2.24) is 10.2 Å². The number of benzene rings is 1. The molecule has 1 atom stereocenters. The van der Waals surface area contributed by atoms with Gasteiger partial charge in [-0.1, -0.05) is 12.1 Å². The number of nitrogens with one attached hydrogen (secondary N) is 1. The summed E-state index contributed by atoms with van der Waals surface area (Å²) < 4.78 is 28.3. The van der Waals surface area contributed by atoms with Crippen molar-refractivity contribution in [1.29, 1.82) is 0 Å². The molecule has 1 fully saturated rings. The zero-order chi connectivity index (χ0) is 17.5. The quantitative estimate of drug-likeness (QED) is 0.746. The van der Waals surface area contributed by atoms with Crippen LogP contribution < -0.4 is 10.1 Å². The fourth-order valence-corrected chi connectivity index (χ4v) is 2.62. The first-order valence-corrected chi connectivity index (χ1v) is 7.69. The third kappa shape index (κ3) is 5.77. The maximum absolute atomic E-state index is 12.0. The van der Waals surface area contributed by atoms with Gasteiger partial charge in [0.05, 0.1) is 12.5 Å². The molecule has 1 aromatic carbocycles. The number of carbonyl (C=O) groups is 2. The van der Waals surface area contributed by atoms with Crippen LogP contribution in [-0.2, 0) is 16.0 Å². The monoisotopic (exact) mass is 342 g/mol. The van der Waals surface area contributed by atoms with Crippen molar-refractivity contribution < 1.29 is 28.2 Å². The number of carboxylic acid groups (broad SMARTS) is 1. The number of likely N-dealkylation sites (tertiary alicyclic amines) is 1. The van der Waals surface area contributed by atoms with E-state index in [9.17, 15) is 18.4 Å². The molecule has 0 aromatic heterocycles. The molecule has 1 heterocycles. The Bertz CT molecular complexity index is 566.